The van der Waals surface area contributed by atoms with Crippen LogP contribution in [-0.4, -0.2) is 75.5 Å². The van der Waals surface area contributed by atoms with Gasteiger partial charge in [-0.1, -0.05) is 120 Å². The largest absolute Gasteiger partial charge is 0.544 e. The molecule has 0 aromatic rings. The van der Waals surface area contributed by atoms with Crippen LogP contribution in [0.2, 0.25) is 0 Å². The van der Waals surface area contributed by atoms with Gasteiger partial charge in [-0.3, -0.25) is 9.59 Å². The maximum absolute atomic E-state index is 12.6. The first-order valence-corrected chi connectivity index (χ1v) is 19.2. The third-order valence-corrected chi connectivity index (χ3v) is 8.23. The smallest absolute Gasteiger partial charge is 0.306 e. The van der Waals surface area contributed by atoms with Crippen molar-refractivity contribution in [3.05, 3.63) is 48.6 Å². The summed E-state index contributed by atoms with van der Waals surface area (Å²) in [5.74, 6) is -1.77. The second kappa shape index (κ2) is 32.5. The van der Waals surface area contributed by atoms with Gasteiger partial charge in [-0.25, -0.2) is 0 Å². The number of ether oxygens (including phenoxy) is 3. The molecule has 49 heavy (non-hydrogen) atoms. The number of carbonyl (C=O) groups excluding carboxylic acids is 3. The Morgan fingerprint density at radius 1 is 0.633 bits per heavy atom. The van der Waals surface area contributed by atoms with Crippen LogP contribution in [0.4, 0.5) is 0 Å². The van der Waals surface area contributed by atoms with Gasteiger partial charge in [0.2, 0.25) is 0 Å². The van der Waals surface area contributed by atoms with Crippen molar-refractivity contribution >= 4 is 17.9 Å². The lowest BCUT2D eigenvalue weighted by Crippen LogP contribution is -2.55. The SMILES string of the molecule is CC/C=C\C/C=C\C/C=C\C/C=C\CCCCCCCCCCC(=O)OC(COCCC(C(=O)[O-])[N+](C)(C)C)COC(=O)CCCCCC. The van der Waals surface area contributed by atoms with Crippen LogP contribution < -0.4 is 5.11 Å². The van der Waals surface area contributed by atoms with Crippen LogP contribution in [0.1, 0.15) is 142 Å². The number of unbranched alkanes of at least 4 members (excludes halogenated alkanes) is 11. The van der Waals surface area contributed by atoms with Crippen molar-refractivity contribution in [1.29, 1.82) is 0 Å². The summed E-state index contributed by atoms with van der Waals surface area (Å²) >= 11 is 0. The van der Waals surface area contributed by atoms with Crippen LogP contribution in [0.15, 0.2) is 48.6 Å². The van der Waals surface area contributed by atoms with E-state index >= 15 is 0 Å². The van der Waals surface area contributed by atoms with Gasteiger partial charge >= 0.3 is 11.9 Å². The molecular weight excluding hydrogens is 618 g/mol. The Balaban J connectivity index is 4.19. The van der Waals surface area contributed by atoms with Crippen LogP contribution in [0.3, 0.4) is 0 Å². The van der Waals surface area contributed by atoms with E-state index in [1.165, 1.54) is 32.1 Å². The molecule has 0 aliphatic carbocycles. The van der Waals surface area contributed by atoms with E-state index < -0.39 is 18.1 Å². The van der Waals surface area contributed by atoms with E-state index in [9.17, 15) is 19.5 Å². The van der Waals surface area contributed by atoms with Gasteiger partial charge in [0.25, 0.3) is 0 Å². The fourth-order valence-corrected chi connectivity index (χ4v) is 5.24. The molecule has 0 aliphatic heterocycles. The van der Waals surface area contributed by atoms with E-state index in [-0.39, 0.29) is 42.7 Å². The molecule has 0 amide bonds. The predicted octanol–water partition coefficient (Wildman–Crippen LogP) is 8.35. The Morgan fingerprint density at radius 3 is 1.69 bits per heavy atom. The van der Waals surface area contributed by atoms with Crippen molar-refractivity contribution in [3.63, 3.8) is 0 Å². The molecular formula is C41H71NO7. The fraction of sp³-hybridized carbons (Fsp3) is 0.732. The Morgan fingerprint density at radius 2 is 1.14 bits per heavy atom. The standard InChI is InChI=1S/C41H71NO7/c1-6-8-10-12-13-14-15-16-17-18-19-20-21-22-23-24-25-26-27-28-30-32-40(44)49-37(36-48-39(43)31-29-11-9-7-2)35-47-34-33-38(41(45)46)42(3,4)5/h8,10,13-14,16-17,19-20,37-38H,6-7,9,11-12,15,18,21-36H2,1-5H3/b10-8-,14-13-,17-16-,20-19-. The van der Waals surface area contributed by atoms with Gasteiger partial charge in [-0.15, -0.1) is 0 Å². The predicted molar refractivity (Wildman–Crippen MR) is 199 cm³/mol. The van der Waals surface area contributed by atoms with Gasteiger partial charge in [0.05, 0.1) is 40.3 Å². The highest BCUT2D eigenvalue weighted by Gasteiger charge is 2.25. The zero-order valence-corrected chi connectivity index (χ0v) is 31.8. The molecule has 0 rings (SSSR count). The maximum atomic E-state index is 12.6. The molecule has 0 radical (unpaired) electrons. The number of nitrogens with zero attached hydrogens (tertiary/aromatic N) is 1. The zero-order chi connectivity index (χ0) is 36.4. The number of aliphatic carboxylic acids is 1. The minimum atomic E-state index is -1.13. The van der Waals surface area contributed by atoms with Crippen LogP contribution in [0.25, 0.3) is 0 Å². The average molecular weight is 690 g/mol. The summed E-state index contributed by atoms with van der Waals surface area (Å²) in [6, 6.07) is -0.724. The highest BCUT2D eigenvalue weighted by molar-refractivity contribution is 5.70. The molecule has 0 spiro atoms. The highest BCUT2D eigenvalue weighted by atomic mass is 16.6. The normalized spacial score (nSPS) is 13.6. The van der Waals surface area contributed by atoms with Gasteiger partial charge in [-0.05, 0) is 51.4 Å². The summed E-state index contributed by atoms with van der Waals surface area (Å²) in [6.07, 6.45) is 36.1. The van der Waals surface area contributed by atoms with E-state index in [0.717, 1.165) is 77.0 Å². The third kappa shape index (κ3) is 31.0. The molecule has 0 heterocycles. The monoisotopic (exact) mass is 690 g/mol. The molecule has 0 saturated carbocycles. The van der Waals surface area contributed by atoms with E-state index in [2.05, 4.69) is 62.5 Å². The van der Waals surface area contributed by atoms with E-state index in [1.54, 1.807) is 21.1 Å². The van der Waals surface area contributed by atoms with Crippen molar-refractivity contribution in [3.8, 4) is 0 Å². The Bertz CT molecular complexity index is 948. The van der Waals surface area contributed by atoms with Gasteiger partial charge < -0.3 is 28.6 Å². The molecule has 0 bridgehead atoms. The van der Waals surface area contributed by atoms with Crippen molar-refractivity contribution in [1.82, 2.24) is 0 Å². The Kier molecular flexibility index (Phi) is 30.7. The number of rotatable bonds is 33. The second-order valence-corrected chi connectivity index (χ2v) is 13.8. The van der Waals surface area contributed by atoms with Crippen LogP contribution in [-0.2, 0) is 28.6 Å². The number of carboxylic acids is 1. The van der Waals surface area contributed by atoms with Gasteiger partial charge in [0.15, 0.2) is 6.10 Å². The molecule has 0 aliphatic rings. The second-order valence-electron chi connectivity index (χ2n) is 13.8. The number of hydrogen-bond donors (Lipinski definition) is 0. The summed E-state index contributed by atoms with van der Waals surface area (Å²) in [5.41, 5.74) is 0. The van der Waals surface area contributed by atoms with Crippen molar-refractivity contribution < 1.29 is 38.2 Å². The maximum Gasteiger partial charge on any atom is 0.306 e. The van der Waals surface area contributed by atoms with Gasteiger partial charge in [0, 0.05) is 19.3 Å². The van der Waals surface area contributed by atoms with E-state index in [0.29, 0.717) is 12.8 Å². The Hall–Kier alpha value is -2.71. The molecule has 0 N–H and O–H groups in total. The number of hydrogen-bond acceptors (Lipinski definition) is 7. The lowest BCUT2D eigenvalue weighted by Gasteiger charge is -2.34. The highest BCUT2D eigenvalue weighted by Crippen LogP contribution is 2.13. The fourth-order valence-electron chi connectivity index (χ4n) is 5.24. The van der Waals surface area contributed by atoms with Crippen molar-refractivity contribution in [2.75, 3.05) is 41.0 Å². The van der Waals surface area contributed by atoms with E-state index in [1.807, 2.05) is 0 Å². The topological polar surface area (TPSA) is 102 Å². The first-order valence-electron chi connectivity index (χ1n) is 19.2. The molecule has 2 unspecified atom stereocenters. The van der Waals surface area contributed by atoms with E-state index in [4.69, 9.17) is 14.2 Å². The minimum absolute atomic E-state index is 0.0358. The molecule has 282 valence electrons. The minimum Gasteiger partial charge on any atom is -0.544 e. The third-order valence-electron chi connectivity index (χ3n) is 8.23. The first-order chi connectivity index (χ1) is 23.6. The number of esters is 2. The van der Waals surface area contributed by atoms with Gasteiger partial charge in [0.1, 0.15) is 12.6 Å². The summed E-state index contributed by atoms with van der Waals surface area (Å²) in [4.78, 5) is 36.3. The molecule has 2 atom stereocenters. The molecule has 8 heteroatoms. The first kappa shape index (κ1) is 46.3. The number of carbonyl (C=O) groups is 3. The lowest BCUT2D eigenvalue weighted by atomic mass is 10.1. The van der Waals surface area contributed by atoms with Crippen molar-refractivity contribution in [2.24, 2.45) is 0 Å². The van der Waals surface area contributed by atoms with Crippen LogP contribution >= 0.6 is 0 Å². The number of quaternary nitrogens is 1. The van der Waals surface area contributed by atoms with Crippen molar-refractivity contribution in [2.45, 2.75) is 154 Å². The zero-order valence-electron chi connectivity index (χ0n) is 31.8. The molecule has 0 aromatic heterocycles. The Labute approximate surface area is 299 Å². The lowest BCUT2D eigenvalue weighted by molar-refractivity contribution is -0.889. The summed E-state index contributed by atoms with van der Waals surface area (Å²) in [5, 5.41) is 11.5. The van der Waals surface area contributed by atoms with Crippen LogP contribution in [0.5, 0.6) is 0 Å². The number of carboxylic acid groups (broad SMARTS) is 1. The quantitative estimate of drug-likeness (QED) is 0.0295. The summed E-state index contributed by atoms with van der Waals surface area (Å²) in [6.45, 7) is 4.40. The summed E-state index contributed by atoms with van der Waals surface area (Å²) < 4.78 is 16.9. The molecule has 0 saturated heterocycles. The molecule has 8 nitrogen and oxygen atoms in total. The van der Waals surface area contributed by atoms with Gasteiger partial charge in [-0.2, -0.15) is 0 Å². The molecule has 0 fully saturated rings. The summed E-state index contributed by atoms with van der Waals surface area (Å²) in [7, 11) is 5.38. The number of likely N-dealkylation sites (N-methyl/N-ethyl adjacent to an activating group) is 1. The van der Waals surface area contributed by atoms with Crippen LogP contribution in [0, 0.1) is 0 Å². The molecule has 0 aromatic carbocycles. The number of allylic oxidation sites excluding steroid dienone is 8. The average Bonchev–Trinajstić information content (AvgIpc) is 3.05.